The monoisotopic (exact) mass is 508 g/mol. The first kappa shape index (κ1) is 27.6. The number of ether oxygens (including phenoxy) is 1. The zero-order chi connectivity index (χ0) is 27.3. The van der Waals surface area contributed by atoms with Gasteiger partial charge < -0.3 is 4.74 Å². The molecular weight excluding hydrogens is 464 g/mol. The lowest BCUT2D eigenvalue weighted by molar-refractivity contribution is 0.309. The van der Waals surface area contributed by atoms with Crippen molar-refractivity contribution < 1.29 is 4.74 Å². The number of anilines is 1. The van der Waals surface area contributed by atoms with Crippen molar-refractivity contribution >= 4 is 11.8 Å². The van der Waals surface area contributed by atoms with E-state index in [1.165, 1.54) is 22.3 Å². The molecule has 0 fully saturated rings. The van der Waals surface area contributed by atoms with Crippen molar-refractivity contribution in [2.45, 2.75) is 78.2 Å². The molecule has 0 saturated carbocycles. The number of hydrogen-bond donors (Lipinski definition) is 1. The van der Waals surface area contributed by atoms with Crippen LogP contribution in [0.25, 0.3) is 6.08 Å². The van der Waals surface area contributed by atoms with Crippen LogP contribution in [-0.4, -0.2) is 6.61 Å². The quantitative estimate of drug-likeness (QED) is 0.307. The highest BCUT2D eigenvalue weighted by atomic mass is 16.5. The van der Waals surface area contributed by atoms with Gasteiger partial charge in [-0.15, -0.1) is 0 Å². The molecule has 4 rings (SSSR count). The van der Waals surface area contributed by atoms with E-state index in [0.717, 1.165) is 36.6 Å². The average Bonchev–Trinajstić information content (AvgIpc) is 3.32. The molecule has 0 amide bonds. The molecule has 0 aromatic heterocycles. The van der Waals surface area contributed by atoms with Crippen LogP contribution >= 0.6 is 0 Å². The van der Waals surface area contributed by atoms with E-state index in [1.54, 1.807) is 0 Å². The second kappa shape index (κ2) is 11.5. The van der Waals surface area contributed by atoms with E-state index in [1.807, 2.05) is 0 Å². The predicted octanol–water partition coefficient (Wildman–Crippen LogP) is 9.12. The molecule has 200 valence electrons. The Morgan fingerprint density at radius 3 is 1.89 bits per heavy atom. The lowest BCUT2D eigenvalue weighted by Gasteiger charge is -2.28. The first-order valence-electron chi connectivity index (χ1n) is 13.9. The van der Waals surface area contributed by atoms with Gasteiger partial charge in [0.05, 0.1) is 24.0 Å². The zero-order valence-electron chi connectivity index (χ0n) is 24.2. The van der Waals surface area contributed by atoms with Crippen LogP contribution in [0.15, 0.2) is 90.6 Å². The zero-order valence-corrected chi connectivity index (χ0v) is 24.2. The summed E-state index contributed by atoms with van der Waals surface area (Å²) in [6, 6.07) is 26.4. The molecule has 0 saturated heterocycles. The average molecular weight is 509 g/mol. The molecule has 1 N–H and O–H groups in total. The largest absolute Gasteiger partial charge is 0.494 e. The number of unbranched alkanes of at least 4 members (excludes halogenated alkanes) is 1. The molecule has 3 nitrogen and oxygen atoms in total. The molecule has 1 unspecified atom stereocenters. The van der Waals surface area contributed by atoms with E-state index >= 15 is 0 Å². The smallest absolute Gasteiger partial charge is 0.119 e. The topological polar surface area (TPSA) is 24.5 Å². The summed E-state index contributed by atoms with van der Waals surface area (Å²) in [6.07, 6.45) is 8.86. The van der Waals surface area contributed by atoms with Gasteiger partial charge in [0.2, 0.25) is 0 Å². The Balaban J connectivity index is 1.58. The van der Waals surface area contributed by atoms with Crippen LogP contribution in [0, 0.1) is 0 Å². The highest BCUT2D eigenvalue weighted by molar-refractivity contribution is 5.59. The SMILES string of the molecule is CCCCOc1ccc(N2NC(C=Cc3ccc(C(C)(C)C)cc3)=CC2c2ccc(C(C)(C)C)cc2)cc1. The first-order valence-corrected chi connectivity index (χ1v) is 13.9. The molecule has 38 heavy (non-hydrogen) atoms. The standard InChI is InChI=1S/C35H44N2O/c1-8-9-24-38-32-22-20-31(21-23-32)37-33(27-13-17-29(18-14-27)35(5,6)7)25-30(36-37)19-12-26-10-15-28(16-11-26)34(2,3)4/h10-23,25,33,36H,8-9,24H2,1-7H3. The summed E-state index contributed by atoms with van der Waals surface area (Å²) in [5, 5.41) is 2.24. The molecule has 1 aliphatic rings. The van der Waals surface area contributed by atoms with Crippen molar-refractivity contribution in [1.29, 1.82) is 0 Å². The van der Waals surface area contributed by atoms with Gasteiger partial charge in [-0.3, -0.25) is 10.4 Å². The van der Waals surface area contributed by atoms with Gasteiger partial charge in [0.25, 0.3) is 0 Å². The van der Waals surface area contributed by atoms with E-state index < -0.39 is 0 Å². The fourth-order valence-corrected chi connectivity index (χ4v) is 4.55. The Bertz CT molecular complexity index is 1240. The third-order valence-corrected chi connectivity index (χ3v) is 7.10. The van der Waals surface area contributed by atoms with Crippen molar-refractivity contribution in [2.75, 3.05) is 11.6 Å². The van der Waals surface area contributed by atoms with Crippen molar-refractivity contribution in [3.63, 3.8) is 0 Å². The molecular formula is C35H44N2O. The maximum absolute atomic E-state index is 5.90. The van der Waals surface area contributed by atoms with E-state index in [4.69, 9.17) is 4.74 Å². The highest BCUT2D eigenvalue weighted by Gasteiger charge is 2.26. The molecule has 1 atom stereocenters. The minimum absolute atomic E-state index is 0.0822. The number of nitrogens with zero attached hydrogens (tertiary/aromatic N) is 1. The van der Waals surface area contributed by atoms with Gasteiger partial charge in [0.1, 0.15) is 5.75 Å². The van der Waals surface area contributed by atoms with Gasteiger partial charge >= 0.3 is 0 Å². The maximum atomic E-state index is 5.90. The van der Waals surface area contributed by atoms with Crippen molar-refractivity contribution in [1.82, 2.24) is 5.43 Å². The number of allylic oxidation sites excluding steroid dienone is 1. The van der Waals surface area contributed by atoms with Gasteiger partial charge in [-0.05, 0) is 75.9 Å². The summed E-state index contributed by atoms with van der Waals surface area (Å²) in [5.41, 5.74) is 11.3. The molecule has 0 radical (unpaired) electrons. The van der Waals surface area contributed by atoms with Crippen LogP contribution < -0.4 is 15.2 Å². The Kier molecular flexibility index (Phi) is 8.35. The normalized spacial score (nSPS) is 16.0. The number of benzene rings is 3. The van der Waals surface area contributed by atoms with Gasteiger partial charge in [-0.1, -0.05) is 109 Å². The molecule has 0 bridgehead atoms. The van der Waals surface area contributed by atoms with Gasteiger partial charge in [-0.25, -0.2) is 0 Å². The van der Waals surface area contributed by atoms with Crippen LogP contribution in [0.1, 0.15) is 89.6 Å². The van der Waals surface area contributed by atoms with Crippen molar-refractivity contribution in [3.05, 3.63) is 113 Å². The van der Waals surface area contributed by atoms with E-state index in [-0.39, 0.29) is 16.9 Å². The van der Waals surface area contributed by atoms with E-state index in [9.17, 15) is 0 Å². The van der Waals surface area contributed by atoms with Gasteiger partial charge in [0.15, 0.2) is 0 Å². The first-order chi connectivity index (χ1) is 18.0. The summed E-state index contributed by atoms with van der Waals surface area (Å²) in [4.78, 5) is 0. The fourth-order valence-electron chi connectivity index (χ4n) is 4.55. The molecule has 1 aliphatic heterocycles. The fraction of sp³-hybridized carbons (Fsp3) is 0.371. The maximum Gasteiger partial charge on any atom is 0.119 e. The molecule has 1 heterocycles. The second-order valence-electron chi connectivity index (χ2n) is 12.3. The number of hydrogen-bond acceptors (Lipinski definition) is 3. The summed E-state index contributed by atoms with van der Waals surface area (Å²) < 4.78 is 5.90. The second-order valence-corrected chi connectivity index (χ2v) is 12.3. The summed E-state index contributed by atoms with van der Waals surface area (Å²) in [5.74, 6) is 0.916. The van der Waals surface area contributed by atoms with Gasteiger partial charge in [0, 0.05) is 0 Å². The number of hydrazine groups is 1. The van der Waals surface area contributed by atoms with Crippen LogP contribution in [0.4, 0.5) is 5.69 Å². The third-order valence-electron chi connectivity index (χ3n) is 7.10. The summed E-state index contributed by atoms with van der Waals surface area (Å²) in [6.45, 7) is 16.5. The Labute approximate surface area is 230 Å². The minimum Gasteiger partial charge on any atom is -0.494 e. The Morgan fingerprint density at radius 1 is 0.763 bits per heavy atom. The molecule has 3 heteroatoms. The third kappa shape index (κ3) is 6.89. The van der Waals surface area contributed by atoms with E-state index in [2.05, 4.69) is 150 Å². The number of nitrogens with one attached hydrogen (secondary N) is 1. The van der Waals surface area contributed by atoms with Crippen LogP contribution in [-0.2, 0) is 10.8 Å². The van der Waals surface area contributed by atoms with E-state index in [0.29, 0.717) is 0 Å². The highest BCUT2D eigenvalue weighted by Crippen LogP contribution is 2.34. The molecule has 0 aliphatic carbocycles. The lowest BCUT2D eigenvalue weighted by atomic mass is 9.86. The van der Waals surface area contributed by atoms with Crippen LogP contribution in [0.3, 0.4) is 0 Å². The molecule has 0 spiro atoms. The lowest BCUT2D eigenvalue weighted by Crippen LogP contribution is -2.34. The van der Waals surface area contributed by atoms with Crippen molar-refractivity contribution in [2.24, 2.45) is 0 Å². The van der Waals surface area contributed by atoms with Crippen molar-refractivity contribution in [3.8, 4) is 5.75 Å². The molecule has 3 aromatic rings. The van der Waals surface area contributed by atoms with Crippen LogP contribution in [0.5, 0.6) is 5.75 Å². The Hall–Kier alpha value is -3.46. The number of rotatable bonds is 8. The van der Waals surface area contributed by atoms with Gasteiger partial charge in [-0.2, -0.15) is 0 Å². The Morgan fingerprint density at radius 2 is 1.34 bits per heavy atom. The predicted molar refractivity (Wildman–Crippen MR) is 163 cm³/mol. The summed E-state index contributed by atoms with van der Waals surface area (Å²) in [7, 11) is 0. The minimum atomic E-state index is 0.0822. The van der Waals surface area contributed by atoms with Crippen LogP contribution in [0.2, 0.25) is 0 Å². The molecule has 3 aromatic carbocycles. The summed E-state index contributed by atoms with van der Waals surface area (Å²) >= 11 is 0.